The predicted molar refractivity (Wildman–Crippen MR) is 101 cm³/mol. The third-order valence-corrected chi connectivity index (χ3v) is 3.93. The topological polar surface area (TPSA) is 86.1 Å². The molecule has 0 aliphatic carbocycles. The minimum absolute atomic E-state index is 0.0221. The minimum Gasteiger partial charge on any atom is -0.462 e. The molecule has 0 radical (unpaired) electrons. The number of halogens is 1. The summed E-state index contributed by atoms with van der Waals surface area (Å²) in [4.78, 5) is 28.8. The van der Waals surface area contributed by atoms with Gasteiger partial charge in [-0.05, 0) is 44.2 Å². The van der Waals surface area contributed by atoms with Crippen molar-refractivity contribution in [2.45, 2.75) is 13.8 Å². The third-order valence-electron chi connectivity index (χ3n) is 3.70. The van der Waals surface area contributed by atoms with Crippen molar-refractivity contribution in [1.29, 1.82) is 0 Å². The maximum absolute atomic E-state index is 12.6. The van der Waals surface area contributed by atoms with E-state index in [0.717, 1.165) is 0 Å². The van der Waals surface area contributed by atoms with Gasteiger partial charge in [0.2, 0.25) is 5.82 Å². The number of nitrogens with one attached hydrogen (secondary N) is 1. The fraction of sp³-hybridized carbons (Fsp3) is 0.158. The van der Waals surface area contributed by atoms with E-state index in [-0.39, 0.29) is 18.0 Å². The first-order valence-corrected chi connectivity index (χ1v) is 8.64. The molecule has 0 aliphatic rings. The van der Waals surface area contributed by atoms with Crippen molar-refractivity contribution in [2.24, 2.45) is 0 Å². The molecule has 138 valence electrons. The average Bonchev–Trinajstić information content (AvgIpc) is 3.04. The van der Waals surface area contributed by atoms with Gasteiger partial charge in [0.05, 0.1) is 23.5 Å². The van der Waals surface area contributed by atoms with Gasteiger partial charge >= 0.3 is 5.97 Å². The van der Waals surface area contributed by atoms with E-state index in [4.69, 9.17) is 16.3 Å². The van der Waals surface area contributed by atoms with Crippen LogP contribution >= 0.6 is 11.6 Å². The SMILES string of the molecule is CCOC(=O)c1ccccc1NC(=O)c1nc(C)n(-c2cccc(Cl)c2)n1. The highest BCUT2D eigenvalue weighted by Crippen LogP contribution is 2.18. The average molecular weight is 385 g/mol. The van der Waals surface area contributed by atoms with E-state index in [0.29, 0.717) is 22.2 Å². The lowest BCUT2D eigenvalue weighted by Crippen LogP contribution is -2.17. The van der Waals surface area contributed by atoms with Crippen LogP contribution in [0.5, 0.6) is 0 Å². The van der Waals surface area contributed by atoms with Crippen LogP contribution in [0.25, 0.3) is 5.69 Å². The van der Waals surface area contributed by atoms with Gasteiger partial charge in [-0.1, -0.05) is 29.8 Å². The van der Waals surface area contributed by atoms with Gasteiger partial charge in [0.25, 0.3) is 5.91 Å². The molecule has 3 rings (SSSR count). The molecule has 1 aromatic heterocycles. The van der Waals surface area contributed by atoms with Gasteiger partial charge in [-0.15, -0.1) is 5.10 Å². The molecule has 1 heterocycles. The number of esters is 1. The largest absolute Gasteiger partial charge is 0.462 e. The highest BCUT2D eigenvalue weighted by Gasteiger charge is 2.19. The number of carbonyl (C=O) groups excluding carboxylic acids is 2. The first-order valence-electron chi connectivity index (χ1n) is 8.26. The van der Waals surface area contributed by atoms with Gasteiger partial charge < -0.3 is 10.1 Å². The zero-order valence-corrected chi connectivity index (χ0v) is 15.5. The summed E-state index contributed by atoms with van der Waals surface area (Å²) in [6, 6.07) is 13.7. The van der Waals surface area contributed by atoms with E-state index < -0.39 is 11.9 Å². The standard InChI is InChI=1S/C19H17ClN4O3/c1-3-27-19(26)15-9-4-5-10-16(15)22-18(25)17-21-12(2)24(23-17)14-8-6-7-13(20)11-14/h4-11H,3H2,1-2H3,(H,22,25). The van der Waals surface area contributed by atoms with Gasteiger partial charge in [0, 0.05) is 5.02 Å². The van der Waals surface area contributed by atoms with E-state index in [9.17, 15) is 9.59 Å². The Hall–Kier alpha value is -3.19. The zero-order chi connectivity index (χ0) is 19.4. The smallest absolute Gasteiger partial charge is 0.340 e. The van der Waals surface area contributed by atoms with E-state index in [2.05, 4.69) is 15.4 Å². The number of aryl methyl sites for hydroxylation is 1. The fourth-order valence-electron chi connectivity index (χ4n) is 2.50. The molecule has 0 saturated heterocycles. The predicted octanol–water partition coefficient (Wildman–Crippen LogP) is 3.66. The number of anilines is 1. The summed E-state index contributed by atoms with van der Waals surface area (Å²) in [6.07, 6.45) is 0. The molecule has 0 spiro atoms. The van der Waals surface area contributed by atoms with Crippen LogP contribution in [0.4, 0.5) is 5.69 Å². The van der Waals surface area contributed by atoms with Crippen LogP contribution < -0.4 is 5.32 Å². The number of hydrogen-bond acceptors (Lipinski definition) is 5. The summed E-state index contributed by atoms with van der Waals surface area (Å²) in [6.45, 7) is 3.69. The summed E-state index contributed by atoms with van der Waals surface area (Å²) in [7, 11) is 0. The lowest BCUT2D eigenvalue weighted by Gasteiger charge is -2.09. The molecule has 8 heteroatoms. The zero-order valence-electron chi connectivity index (χ0n) is 14.8. The number of rotatable bonds is 5. The van der Waals surface area contributed by atoms with E-state index in [1.165, 1.54) is 4.68 Å². The molecule has 0 atom stereocenters. The molecule has 0 bridgehead atoms. The fourth-order valence-corrected chi connectivity index (χ4v) is 2.68. The van der Waals surface area contributed by atoms with Crippen molar-refractivity contribution in [1.82, 2.24) is 14.8 Å². The van der Waals surface area contributed by atoms with Crippen molar-refractivity contribution in [3.8, 4) is 5.69 Å². The van der Waals surface area contributed by atoms with E-state index in [1.54, 1.807) is 56.3 Å². The Morgan fingerprint density at radius 2 is 1.96 bits per heavy atom. The Morgan fingerprint density at radius 1 is 1.19 bits per heavy atom. The summed E-state index contributed by atoms with van der Waals surface area (Å²) in [5.41, 5.74) is 1.29. The van der Waals surface area contributed by atoms with Crippen LogP contribution in [-0.2, 0) is 4.74 Å². The number of nitrogens with zero attached hydrogens (tertiary/aromatic N) is 3. The van der Waals surface area contributed by atoms with E-state index in [1.807, 2.05) is 6.07 Å². The third kappa shape index (κ3) is 4.15. The maximum Gasteiger partial charge on any atom is 0.340 e. The Bertz CT molecular complexity index is 1000. The van der Waals surface area contributed by atoms with Crippen molar-refractivity contribution >= 4 is 29.2 Å². The highest BCUT2D eigenvalue weighted by atomic mass is 35.5. The molecular formula is C19H17ClN4O3. The number of hydrogen-bond donors (Lipinski definition) is 1. The Labute approximate surface area is 160 Å². The first-order chi connectivity index (χ1) is 13.0. The molecule has 0 unspecified atom stereocenters. The van der Waals surface area contributed by atoms with Gasteiger partial charge in [0.1, 0.15) is 5.82 Å². The minimum atomic E-state index is -0.532. The van der Waals surface area contributed by atoms with Crippen LogP contribution in [0.2, 0.25) is 5.02 Å². The first kappa shape index (κ1) is 18.6. The maximum atomic E-state index is 12.6. The van der Waals surface area contributed by atoms with Crippen LogP contribution in [0.3, 0.4) is 0 Å². The number of ether oxygens (including phenoxy) is 1. The Kier molecular flexibility index (Phi) is 5.52. The molecule has 3 aromatic rings. The summed E-state index contributed by atoms with van der Waals surface area (Å²) in [5, 5.41) is 7.46. The molecule has 1 N–H and O–H groups in total. The second-order valence-corrected chi connectivity index (χ2v) is 6.03. The van der Waals surface area contributed by atoms with Crippen LogP contribution in [0.1, 0.15) is 33.7 Å². The van der Waals surface area contributed by atoms with Crippen LogP contribution in [0.15, 0.2) is 48.5 Å². The summed E-state index contributed by atoms with van der Waals surface area (Å²) < 4.78 is 6.54. The molecule has 7 nitrogen and oxygen atoms in total. The molecule has 0 fully saturated rings. The molecule has 0 saturated carbocycles. The number of para-hydroxylation sites is 1. The van der Waals surface area contributed by atoms with Crippen LogP contribution in [0, 0.1) is 6.92 Å². The lowest BCUT2D eigenvalue weighted by atomic mass is 10.2. The molecule has 27 heavy (non-hydrogen) atoms. The number of benzene rings is 2. The molecule has 1 amide bonds. The summed E-state index contributed by atoms with van der Waals surface area (Å²) in [5.74, 6) is -0.537. The Balaban J connectivity index is 1.86. The highest BCUT2D eigenvalue weighted by molar-refractivity contribution is 6.30. The number of aromatic nitrogens is 3. The van der Waals surface area contributed by atoms with E-state index >= 15 is 0 Å². The second-order valence-electron chi connectivity index (χ2n) is 5.59. The molecule has 0 aliphatic heterocycles. The van der Waals surface area contributed by atoms with Crippen molar-refractivity contribution in [3.05, 3.63) is 70.8 Å². The molecular weight excluding hydrogens is 368 g/mol. The molecule has 2 aromatic carbocycles. The summed E-state index contributed by atoms with van der Waals surface area (Å²) >= 11 is 6.01. The lowest BCUT2D eigenvalue weighted by molar-refractivity contribution is 0.0527. The van der Waals surface area contributed by atoms with Gasteiger partial charge in [-0.2, -0.15) is 0 Å². The van der Waals surface area contributed by atoms with Gasteiger partial charge in [-0.25, -0.2) is 14.5 Å². The van der Waals surface area contributed by atoms with Crippen LogP contribution in [-0.4, -0.2) is 33.2 Å². The van der Waals surface area contributed by atoms with Crippen molar-refractivity contribution in [2.75, 3.05) is 11.9 Å². The normalized spacial score (nSPS) is 10.5. The monoisotopic (exact) mass is 384 g/mol. The van der Waals surface area contributed by atoms with Gasteiger partial charge in [0.15, 0.2) is 0 Å². The quantitative estimate of drug-likeness (QED) is 0.678. The number of amides is 1. The van der Waals surface area contributed by atoms with Gasteiger partial charge in [-0.3, -0.25) is 4.79 Å². The Morgan fingerprint density at radius 3 is 2.70 bits per heavy atom. The van der Waals surface area contributed by atoms with Crippen molar-refractivity contribution in [3.63, 3.8) is 0 Å². The number of carbonyl (C=O) groups is 2. The van der Waals surface area contributed by atoms with Crippen molar-refractivity contribution < 1.29 is 14.3 Å². The second kappa shape index (κ2) is 8.01.